The maximum absolute atomic E-state index is 5.91. The van der Waals surface area contributed by atoms with E-state index in [4.69, 9.17) is 16.3 Å². The molecule has 20 heavy (non-hydrogen) atoms. The Hall–Kier alpha value is -2.00. The SMILES string of the molecule is CC(C)Oc1ccccc1C=NNc1cccc(Cl)c1. The molecule has 2 rings (SSSR count). The van der Waals surface area contributed by atoms with E-state index in [1.165, 1.54) is 0 Å². The van der Waals surface area contributed by atoms with Crippen LogP contribution in [0.1, 0.15) is 19.4 Å². The molecule has 0 aliphatic heterocycles. The first-order valence-electron chi connectivity index (χ1n) is 6.45. The molecule has 3 nitrogen and oxygen atoms in total. The summed E-state index contributed by atoms with van der Waals surface area (Å²) in [5, 5.41) is 4.88. The predicted molar refractivity (Wildman–Crippen MR) is 84.9 cm³/mol. The summed E-state index contributed by atoms with van der Waals surface area (Å²) in [6.07, 6.45) is 1.86. The molecule has 0 spiro atoms. The standard InChI is InChI=1S/C16H17ClN2O/c1-12(2)20-16-9-4-3-6-13(16)11-18-19-15-8-5-7-14(17)10-15/h3-12,19H,1-2H3. The van der Waals surface area contributed by atoms with E-state index in [1.54, 1.807) is 6.21 Å². The third-order valence-electron chi connectivity index (χ3n) is 2.50. The van der Waals surface area contributed by atoms with Crippen molar-refractivity contribution in [3.63, 3.8) is 0 Å². The van der Waals surface area contributed by atoms with E-state index in [1.807, 2.05) is 62.4 Å². The second kappa shape index (κ2) is 6.96. The highest BCUT2D eigenvalue weighted by Crippen LogP contribution is 2.18. The Bertz CT molecular complexity index is 597. The molecule has 0 saturated heterocycles. The smallest absolute Gasteiger partial charge is 0.128 e. The molecule has 0 aromatic heterocycles. The molecule has 0 saturated carbocycles. The quantitative estimate of drug-likeness (QED) is 0.646. The third kappa shape index (κ3) is 4.28. The van der Waals surface area contributed by atoms with Crippen molar-refractivity contribution >= 4 is 23.5 Å². The Morgan fingerprint density at radius 3 is 2.70 bits per heavy atom. The van der Waals surface area contributed by atoms with Crippen LogP contribution < -0.4 is 10.2 Å². The van der Waals surface area contributed by atoms with Crippen molar-refractivity contribution in [3.8, 4) is 5.75 Å². The predicted octanol–water partition coefficient (Wildman–Crippen LogP) is 4.57. The fraction of sp³-hybridized carbons (Fsp3) is 0.188. The number of benzene rings is 2. The Morgan fingerprint density at radius 2 is 1.95 bits per heavy atom. The largest absolute Gasteiger partial charge is 0.490 e. The van der Waals surface area contributed by atoms with Gasteiger partial charge in [0.15, 0.2) is 0 Å². The summed E-state index contributed by atoms with van der Waals surface area (Å²) in [5.74, 6) is 0.819. The number of anilines is 1. The molecule has 1 N–H and O–H groups in total. The number of ether oxygens (including phenoxy) is 1. The Labute approximate surface area is 124 Å². The van der Waals surface area contributed by atoms with Crippen molar-refractivity contribution in [2.24, 2.45) is 5.10 Å². The van der Waals surface area contributed by atoms with Crippen LogP contribution >= 0.6 is 11.6 Å². The molecule has 104 valence electrons. The minimum Gasteiger partial charge on any atom is -0.490 e. The van der Waals surface area contributed by atoms with E-state index in [-0.39, 0.29) is 6.10 Å². The normalized spacial score (nSPS) is 11.0. The highest BCUT2D eigenvalue weighted by Gasteiger charge is 2.02. The van der Waals surface area contributed by atoms with E-state index < -0.39 is 0 Å². The number of nitrogens with zero attached hydrogens (tertiary/aromatic N) is 1. The fourth-order valence-electron chi connectivity index (χ4n) is 1.68. The molecule has 2 aromatic carbocycles. The van der Waals surface area contributed by atoms with Gasteiger partial charge in [0.2, 0.25) is 0 Å². The van der Waals surface area contributed by atoms with Gasteiger partial charge in [0.05, 0.1) is 18.0 Å². The Morgan fingerprint density at radius 1 is 1.15 bits per heavy atom. The van der Waals surface area contributed by atoms with Crippen molar-refractivity contribution in [2.75, 3.05) is 5.43 Å². The number of para-hydroxylation sites is 1. The average molecular weight is 289 g/mol. The van der Waals surface area contributed by atoms with E-state index in [0.29, 0.717) is 5.02 Å². The van der Waals surface area contributed by atoms with Crippen molar-refractivity contribution in [2.45, 2.75) is 20.0 Å². The van der Waals surface area contributed by atoms with Gasteiger partial charge in [-0.25, -0.2) is 0 Å². The first-order valence-corrected chi connectivity index (χ1v) is 6.83. The molecular formula is C16H17ClN2O. The summed E-state index contributed by atoms with van der Waals surface area (Å²) in [7, 11) is 0. The maximum Gasteiger partial charge on any atom is 0.128 e. The maximum atomic E-state index is 5.91. The lowest BCUT2D eigenvalue weighted by molar-refractivity contribution is 0.242. The van der Waals surface area contributed by atoms with Gasteiger partial charge in [0.1, 0.15) is 5.75 Å². The Kier molecular flexibility index (Phi) is 5.02. The fourth-order valence-corrected chi connectivity index (χ4v) is 1.87. The lowest BCUT2D eigenvalue weighted by Gasteiger charge is -2.11. The molecule has 0 heterocycles. The highest BCUT2D eigenvalue weighted by atomic mass is 35.5. The van der Waals surface area contributed by atoms with Gasteiger partial charge < -0.3 is 4.74 Å². The lowest BCUT2D eigenvalue weighted by Crippen LogP contribution is -2.07. The molecule has 2 aromatic rings. The van der Waals surface area contributed by atoms with Crippen LogP contribution in [0.4, 0.5) is 5.69 Å². The van der Waals surface area contributed by atoms with Gasteiger partial charge in [-0.3, -0.25) is 5.43 Å². The van der Waals surface area contributed by atoms with E-state index in [2.05, 4.69) is 10.5 Å². The van der Waals surface area contributed by atoms with Crippen LogP contribution in [-0.2, 0) is 0 Å². The van der Waals surface area contributed by atoms with E-state index in [0.717, 1.165) is 17.0 Å². The summed E-state index contributed by atoms with van der Waals surface area (Å²) < 4.78 is 5.73. The van der Waals surface area contributed by atoms with Crippen molar-refractivity contribution < 1.29 is 4.74 Å². The van der Waals surface area contributed by atoms with E-state index >= 15 is 0 Å². The molecule has 0 fully saturated rings. The topological polar surface area (TPSA) is 33.6 Å². The minimum absolute atomic E-state index is 0.130. The van der Waals surface area contributed by atoms with Crippen molar-refractivity contribution in [3.05, 3.63) is 59.1 Å². The summed E-state index contributed by atoms with van der Waals surface area (Å²) in [4.78, 5) is 0. The van der Waals surface area contributed by atoms with Crippen molar-refractivity contribution in [1.82, 2.24) is 0 Å². The zero-order valence-corrected chi connectivity index (χ0v) is 12.3. The monoisotopic (exact) mass is 288 g/mol. The summed E-state index contributed by atoms with van der Waals surface area (Å²) in [6.45, 7) is 4.00. The van der Waals surface area contributed by atoms with Gasteiger partial charge in [-0.1, -0.05) is 29.8 Å². The Balaban J connectivity index is 2.08. The number of halogens is 1. The van der Waals surface area contributed by atoms with Crippen molar-refractivity contribution in [1.29, 1.82) is 0 Å². The summed E-state index contributed by atoms with van der Waals surface area (Å²) in [6, 6.07) is 15.2. The van der Waals surface area contributed by atoms with Crippen LogP contribution in [0.5, 0.6) is 5.75 Å². The molecule has 0 amide bonds. The summed E-state index contributed by atoms with van der Waals surface area (Å²) in [5.41, 5.74) is 4.71. The molecule has 0 aliphatic carbocycles. The van der Waals surface area contributed by atoms with Crippen LogP contribution in [0.25, 0.3) is 0 Å². The van der Waals surface area contributed by atoms with Crippen LogP contribution in [0, 0.1) is 0 Å². The van der Waals surface area contributed by atoms with Gasteiger partial charge in [-0.05, 0) is 44.2 Å². The number of hydrogen-bond acceptors (Lipinski definition) is 3. The zero-order valence-electron chi connectivity index (χ0n) is 11.5. The first kappa shape index (κ1) is 14.4. The van der Waals surface area contributed by atoms with E-state index in [9.17, 15) is 0 Å². The molecule has 0 atom stereocenters. The van der Waals surface area contributed by atoms with Gasteiger partial charge >= 0.3 is 0 Å². The zero-order chi connectivity index (χ0) is 14.4. The number of nitrogens with one attached hydrogen (secondary N) is 1. The van der Waals surface area contributed by atoms with Crippen LogP contribution in [0.2, 0.25) is 5.02 Å². The highest BCUT2D eigenvalue weighted by molar-refractivity contribution is 6.30. The summed E-state index contributed by atoms with van der Waals surface area (Å²) >= 11 is 5.91. The molecular weight excluding hydrogens is 272 g/mol. The number of rotatable bonds is 5. The van der Waals surface area contributed by atoms with Gasteiger partial charge in [0, 0.05) is 10.6 Å². The van der Waals surface area contributed by atoms with Crippen LogP contribution in [0.15, 0.2) is 53.6 Å². The van der Waals surface area contributed by atoms with Crippen LogP contribution in [-0.4, -0.2) is 12.3 Å². The second-order valence-electron chi connectivity index (χ2n) is 4.58. The minimum atomic E-state index is 0.130. The van der Waals surface area contributed by atoms with Gasteiger partial charge in [0.25, 0.3) is 0 Å². The first-order chi connectivity index (χ1) is 9.65. The lowest BCUT2D eigenvalue weighted by atomic mass is 10.2. The number of hydrazone groups is 1. The molecule has 0 aliphatic rings. The van der Waals surface area contributed by atoms with Gasteiger partial charge in [-0.15, -0.1) is 0 Å². The molecule has 0 unspecified atom stereocenters. The molecule has 0 bridgehead atoms. The molecule has 0 radical (unpaired) electrons. The third-order valence-corrected chi connectivity index (χ3v) is 2.74. The van der Waals surface area contributed by atoms with Gasteiger partial charge in [-0.2, -0.15) is 5.10 Å². The molecule has 4 heteroatoms. The number of hydrogen-bond donors (Lipinski definition) is 1. The second-order valence-corrected chi connectivity index (χ2v) is 5.02. The van der Waals surface area contributed by atoms with Crippen LogP contribution in [0.3, 0.4) is 0 Å². The average Bonchev–Trinajstić information content (AvgIpc) is 2.40.